The second kappa shape index (κ2) is 5.50. The average Bonchev–Trinajstić information content (AvgIpc) is 2.42. The lowest BCUT2D eigenvalue weighted by Gasteiger charge is -2.02. The van der Waals surface area contributed by atoms with Crippen molar-refractivity contribution in [3.63, 3.8) is 0 Å². The molecule has 0 aromatic carbocycles. The van der Waals surface area contributed by atoms with Gasteiger partial charge >= 0.3 is 4.87 Å². The van der Waals surface area contributed by atoms with Crippen molar-refractivity contribution in [1.29, 1.82) is 0 Å². The van der Waals surface area contributed by atoms with E-state index in [1.165, 1.54) is 11.3 Å². The van der Waals surface area contributed by atoms with Gasteiger partial charge in [0.15, 0.2) is 0 Å². The zero-order chi connectivity index (χ0) is 9.68. The second-order valence-electron chi connectivity index (χ2n) is 2.85. The molecule has 0 fully saturated rings. The van der Waals surface area contributed by atoms with Gasteiger partial charge in [-0.05, 0) is 24.9 Å². The minimum Gasteiger partial charge on any atom is -0.303 e. The van der Waals surface area contributed by atoms with Crippen LogP contribution in [0.5, 0.6) is 0 Å². The summed E-state index contributed by atoms with van der Waals surface area (Å²) in [6.45, 7) is 5.03. The molecule has 0 radical (unpaired) electrons. The Morgan fingerprint density at radius 2 is 2.38 bits per heavy atom. The molecule has 1 aromatic heterocycles. The van der Waals surface area contributed by atoms with Gasteiger partial charge in [-0.3, -0.25) is 4.79 Å². The van der Waals surface area contributed by atoms with Crippen LogP contribution < -0.4 is 4.87 Å². The van der Waals surface area contributed by atoms with Crippen molar-refractivity contribution in [2.24, 2.45) is 0 Å². The third-order valence-electron chi connectivity index (χ3n) is 1.85. The summed E-state index contributed by atoms with van der Waals surface area (Å²) in [6, 6.07) is 0. The van der Waals surface area contributed by atoms with Gasteiger partial charge in [0.2, 0.25) is 0 Å². The molecule has 0 bridgehead atoms. The fraction of sp³-hybridized carbons (Fsp3) is 0.667. The van der Waals surface area contributed by atoms with E-state index in [-0.39, 0.29) is 4.87 Å². The summed E-state index contributed by atoms with van der Waals surface area (Å²) in [5.41, 5.74) is 1.09. The minimum atomic E-state index is 0.180. The third kappa shape index (κ3) is 3.19. The van der Waals surface area contributed by atoms with Crippen LogP contribution >= 0.6 is 23.1 Å². The number of rotatable bonds is 5. The van der Waals surface area contributed by atoms with E-state index < -0.39 is 0 Å². The maximum absolute atomic E-state index is 11.3. The van der Waals surface area contributed by atoms with E-state index >= 15 is 0 Å². The molecule has 0 aliphatic rings. The molecule has 0 atom stereocenters. The summed E-state index contributed by atoms with van der Waals surface area (Å²) in [7, 11) is 0. The van der Waals surface area contributed by atoms with Crippen molar-refractivity contribution in [3.8, 4) is 0 Å². The van der Waals surface area contributed by atoms with Crippen LogP contribution in [-0.4, -0.2) is 16.1 Å². The Morgan fingerprint density at radius 3 is 2.92 bits per heavy atom. The van der Waals surface area contributed by atoms with Crippen molar-refractivity contribution < 1.29 is 0 Å². The lowest BCUT2D eigenvalue weighted by atomic mass is 10.4. The van der Waals surface area contributed by atoms with E-state index in [2.05, 4.69) is 6.92 Å². The number of hydrogen-bond acceptors (Lipinski definition) is 3. The molecule has 0 saturated carbocycles. The molecule has 74 valence electrons. The Bertz CT molecular complexity index is 303. The van der Waals surface area contributed by atoms with Crippen molar-refractivity contribution in [1.82, 2.24) is 4.57 Å². The summed E-state index contributed by atoms with van der Waals surface area (Å²) in [5.74, 6) is 2.32. The summed E-state index contributed by atoms with van der Waals surface area (Å²) in [4.78, 5) is 11.5. The van der Waals surface area contributed by atoms with Crippen LogP contribution in [0.1, 0.15) is 19.0 Å². The van der Waals surface area contributed by atoms with Crippen LogP contribution in [0.2, 0.25) is 0 Å². The highest BCUT2D eigenvalue weighted by Gasteiger charge is 2.00. The number of thioether (sulfide) groups is 1. The molecule has 0 spiro atoms. The number of thiazole rings is 1. The van der Waals surface area contributed by atoms with Crippen LogP contribution in [0.3, 0.4) is 0 Å². The smallest absolute Gasteiger partial charge is 0.303 e. The van der Waals surface area contributed by atoms with Gasteiger partial charge in [0.1, 0.15) is 0 Å². The molecule has 2 nitrogen and oxygen atoms in total. The molecular formula is C9H15NOS2. The van der Waals surface area contributed by atoms with Crippen molar-refractivity contribution in [2.45, 2.75) is 26.8 Å². The molecule has 0 unspecified atom stereocenters. The fourth-order valence-electron chi connectivity index (χ4n) is 1.14. The lowest BCUT2D eigenvalue weighted by molar-refractivity contribution is 0.656. The summed E-state index contributed by atoms with van der Waals surface area (Å²) < 4.78 is 1.86. The second-order valence-corrected chi connectivity index (χ2v) is 5.06. The van der Waals surface area contributed by atoms with E-state index in [1.54, 1.807) is 0 Å². The first-order chi connectivity index (χ1) is 6.25. The SMILES string of the molecule is CCSCCCn1c(C)csc1=O. The van der Waals surface area contributed by atoms with E-state index in [0.29, 0.717) is 0 Å². The Hall–Kier alpha value is -0.220. The molecule has 0 N–H and O–H groups in total. The van der Waals surface area contributed by atoms with Crippen LogP contribution in [0.15, 0.2) is 10.2 Å². The van der Waals surface area contributed by atoms with Crippen molar-refractivity contribution in [2.75, 3.05) is 11.5 Å². The van der Waals surface area contributed by atoms with Gasteiger partial charge in [0, 0.05) is 17.6 Å². The van der Waals surface area contributed by atoms with Crippen molar-refractivity contribution in [3.05, 3.63) is 20.7 Å². The van der Waals surface area contributed by atoms with Gasteiger partial charge in [-0.1, -0.05) is 18.3 Å². The Kier molecular flexibility index (Phi) is 4.59. The Morgan fingerprint density at radius 1 is 1.62 bits per heavy atom. The summed E-state index contributed by atoms with van der Waals surface area (Å²) in [6.07, 6.45) is 1.09. The monoisotopic (exact) mass is 217 g/mol. The molecule has 0 saturated heterocycles. The number of aromatic nitrogens is 1. The van der Waals surface area contributed by atoms with Crippen LogP contribution in [0.25, 0.3) is 0 Å². The molecule has 1 aromatic rings. The summed E-state index contributed by atoms with van der Waals surface area (Å²) in [5, 5.41) is 1.93. The molecule has 0 amide bonds. The van der Waals surface area contributed by atoms with Gasteiger partial charge < -0.3 is 4.57 Å². The number of nitrogens with zero attached hydrogens (tertiary/aromatic N) is 1. The summed E-state index contributed by atoms with van der Waals surface area (Å²) >= 11 is 3.23. The average molecular weight is 217 g/mol. The molecule has 1 heterocycles. The fourth-order valence-corrected chi connectivity index (χ4v) is 2.53. The van der Waals surface area contributed by atoms with Crippen LogP contribution in [-0.2, 0) is 6.54 Å². The zero-order valence-corrected chi connectivity index (χ0v) is 9.71. The van der Waals surface area contributed by atoms with Crippen LogP contribution in [0.4, 0.5) is 0 Å². The van der Waals surface area contributed by atoms with Crippen LogP contribution in [0, 0.1) is 6.92 Å². The highest BCUT2D eigenvalue weighted by molar-refractivity contribution is 7.99. The van der Waals surface area contributed by atoms with Gasteiger partial charge in [-0.2, -0.15) is 11.8 Å². The van der Waals surface area contributed by atoms with E-state index in [4.69, 9.17) is 0 Å². The highest BCUT2D eigenvalue weighted by Crippen LogP contribution is 2.05. The molecule has 4 heteroatoms. The topological polar surface area (TPSA) is 22.0 Å². The maximum atomic E-state index is 11.3. The third-order valence-corrected chi connectivity index (χ3v) is 3.72. The number of aryl methyl sites for hydroxylation is 1. The molecular weight excluding hydrogens is 202 g/mol. The Labute approximate surface area is 87.0 Å². The Balaban J connectivity index is 2.40. The predicted octanol–water partition coefficient (Wildman–Crippen LogP) is 2.36. The predicted molar refractivity (Wildman–Crippen MR) is 60.9 cm³/mol. The molecule has 0 aliphatic carbocycles. The first kappa shape index (κ1) is 10.9. The van der Waals surface area contributed by atoms with E-state index in [1.807, 2.05) is 28.6 Å². The normalized spacial score (nSPS) is 10.6. The quantitative estimate of drug-likeness (QED) is 0.706. The molecule has 0 aliphatic heterocycles. The molecule has 1 rings (SSSR count). The van der Waals surface area contributed by atoms with Gasteiger partial charge in [-0.25, -0.2) is 0 Å². The first-order valence-corrected chi connectivity index (χ1v) is 6.51. The molecule has 13 heavy (non-hydrogen) atoms. The minimum absolute atomic E-state index is 0.180. The van der Waals surface area contributed by atoms with Gasteiger partial charge in [0.05, 0.1) is 0 Å². The van der Waals surface area contributed by atoms with E-state index in [9.17, 15) is 4.79 Å². The highest BCUT2D eigenvalue weighted by atomic mass is 32.2. The largest absolute Gasteiger partial charge is 0.307 e. The standard InChI is InChI=1S/C9H15NOS2/c1-3-12-6-4-5-10-8(2)7-13-9(10)11/h7H,3-6H2,1-2H3. The lowest BCUT2D eigenvalue weighted by Crippen LogP contribution is -2.14. The first-order valence-electron chi connectivity index (χ1n) is 4.48. The maximum Gasteiger partial charge on any atom is 0.307 e. The van der Waals surface area contributed by atoms with Gasteiger partial charge in [0.25, 0.3) is 0 Å². The zero-order valence-electron chi connectivity index (χ0n) is 8.08. The van der Waals surface area contributed by atoms with Gasteiger partial charge in [-0.15, -0.1) is 0 Å². The van der Waals surface area contributed by atoms with Crippen molar-refractivity contribution >= 4 is 23.1 Å². The van der Waals surface area contributed by atoms with E-state index in [0.717, 1.165) is 30.2 Å². The number of hydrogen-bond donors (Lipinski definition) is 0.